The predicted octanol–water partition coefficient (Wildman–Crippen LogP) is 2.53. The van der Waals surface area contributed by atoms with Crippen molar-refractivity contribution in [3.63, 3.8) is 0 Å². The summed E-state index contributed by atoms with van der Waals surface area (Å²) in [4.78, 5) is 22.9. The fraction of sp³-hybridized carbons (Fsp3) is 0.312. The summed E-state index contributed by atoms with van der Waals surface area (Å²) in [6, 6.07) is 9.08. The van der Waals surface area contributed by atoms with Crippen LogP contribution in [0.1, 0.15) is 23.2 Å². The van der Waals surface area contributed by atoms with Gasteiger partial charge in [-0.3, -0.25) is 4.79 Å². The molecular weight excluding hydrogens is 300 g/mol. The van der Waals surface area contributed by atoms with Gasteiger partial charge < -0.3 is 10.2 Å². The van der Waals surface area contributed by atoms with Crippen molar-refractivity contribution in [2.45, 2.75) is 18.9 Å². The molecule has 1 atom stereocenters. The van der Waals surface area contributed by atoms with Crippen LogP contribution in [0.2, 0.25) is 5.02 Å². The largest absolute Gasteiger partial charge is 0.350 e. The number of benzene rings is 1. The fourth-order valence-electron chi connectivity index (χ4n) is 2.70. The molecule has 22 heavy (non-hydrogen) atoms. The summed E-state index contributed by atoms with van der Waals surface area (Å²) in [7, 11) is 0. The molecule has 1 aromatic heterocycles. The molecule has 1 N–H and O–H groups in total. The molecule has 5 nitrogen and oxygen atoms in total. The van der Waals surface area contributed by atoms with Crippen LogP contribution in [0.5, 0.6) is 0 Å². The highest BCUT2D eigenvalue weighted by Crippen LogP contribution is 2.21. The van der Waals surface area contributed by atoms with Crippen LogP contribution in [0.15, 0.2) is 42.7 Å². The topological polar surface area (TPSA) is 58.1 Å². The highest BCUT2D eigenvalue weighted by atomic mass is 35.5. The highest BCUT2D eigenvalue weighted by molar-refractivity contribution is 6.33. The smallest absolute Gasteiger partial charge is 0.252 e. The van der Waals surface area contributed by atoms with Crippen molar-refractivity contribution < 1.29 is 4.79 Å². The third-order valence-corrected chi connectivity index (χ3v) is 4.13. The van der Waals surface area contributed by atoms with Crippen LogP contribution in [-0.4, -0.2) is 35.0 Å². The molecule has 114 valence electrons. The van der Waals surface area contributed by atoms with E-state index in [4.69, 9.17) is 11.6 Å². The minimum atomic E-state index is -0.147. The zero-order valence-corrected chi connectivity index (χ0v) is 12.8. The van der Waals surface area contributed by atoms with Crippen LogP contribution in [0.4, 0.5) is 5.95 Å². The number of rotatable bonds is 4. The summed E-state index contributed by atoms with van der Waals surface area (Å²) in [5.41, 5.74) is 0.504. The number of aromatic nitrogens is 2. The molecule has 1 amide bonds. The van der Waals surface area contributed by atoms with Crippen LogP contribution >= 0.6 is 11.6 Å². The van der Waals surface area contributed by atoms with E-state index >= 15 is 0 Å². The van der Waals surface area contributed by atoms with Crippen molar-refractivity contribution in [3.8, 4) is 0 Å². The maximum atomic E-state index is 12.2. The molecule has 1 aromatic carbocycles. The van der Waals surface area contributed by atoms with Gasteiger partial charge in [0.1, 0.15) is 0 Å². The van der Waals surface area contributed by atoms with Gasteiger partial charge in [0.05, 0.1) is 10.6 Å². The normalized spacial score (nSPS) is 17.5. The lowest BCUT2D eigenvalue weighted by molar-refractivity contribution is 0.0951. The van der Waals surface area contributed by atoms with Crippen LogP contribution in [0, 0.1) is 0 Å². The molecule has 1 fully saturated rings. The molecule has 3 rings (SSSR count). The first-order valence-corrected chi connectivity index (χ1v) is 7.70. The lowest BCUT2D eigenvalue weighted by atomic mass is 10.2. The highest BCUT2D eigenvalue weighted by Gasteiger charge is 2.27. The monoisotopic (exact) mass is 316 g/mol. The molecule has 1 unspecified atom stereocenters. The molecule has 0 aliphatic carbocycles. The van der Waals surface area contributed by atoms with Crippen molar-refractivity contribution in [3.05, 3.63) is 53.3 Å². The molecule has 0 spiro atoms. The van der Waals surface area contributed by atoms with Gasteiger partial charge in [-0.2, -0.15) is 0 Å². The Morgan fingerprint density at radius 2 is 2.05 bits per heavy atom. The predicted molar refractivity (Wildman–Crippen MR) is 86.2 cm³/mol. The molecule has 0 saturated carbocycles. The van der Waals surface area contributed by atoms with E-state index < -0.39 is 0 Å². The van der Waals surface area contributed by atoms with Crippen molar-refractivity contribution in [1.29, 1.82) is 0 Å². The van der Waals surface area contributed by atoms with Gasteiger partial charge in [-0.25, -0.2) is 9.97 Å². The molecular formula is C16H17ClN4O. The number of hydrogen-bond donors (Lipinski definition) is 1. The van der Waals surface area contributed by atoms with E-state index in [1.165, 1.54) is 0 Å². The zero-order valence-electron chi connectivity index (χ0n) is 12.1. The molecule has 2 aromatic rings. The second-order valence-corrected chi connectivity index (χ2v) is 5.64. The average molecular weight is 317 g/mol. The van der Waals surface area contributed by atoms with Gasteiger partial charge in [0.15, 0.2) is 0 Å². The Bertz CT molecular complexity index is 650. The fourth-order valence-corrected chi connectivity index (χ4v) is 2.92. The van der Waals surface area contributed by atoms with E-state index in [2.05, 4.69) is 20.2 Å². The minimum Gasteiger partial charge on any atom is -0.350 e. The van der Waals surface area contributed by atoms with Gasteiger partial charge in [0.2, 0.25) is 5.95 Å². The molecule has 1 aliphatic rings. The summed E-state index contributed by atoms with van der Waals surface area (Å²) < 4.78 is 0. The van der Waals surface area contributed by atoms with Crippen molar-refractivity contribution >= 4 is 23.5 Å². The average Bonchev–Trinajstić information content (AvgIpc) is 3.02. The summed E-state index contributed by atoms with van der Waals surface area (Å²) in [5, 5.41) is 3.43. The summed E-state index contributed by atoms with van der Waals surface area (Å²) in [6.45, 7) is 1.47. The molecule has 1 saturated heterocycles. The second-order valence-electron chi connectivity index (χ2n) is 5.23. The number of halogens is 1. The van der Waals surface area contributed by atoms with E-state index in [1.54, 1.807) is 36.7 Å². The van der Waals surface area contributed by atoms with Gasteiger partial charge >= 0.3 is 0 Å². The number of nitrogens with one attached hydrogen (secondary N) is 1. The first kappa shape index (κ1) is 14.8. The number of carbonyl (C=O) groups excluding carboxylic acids is 1. The maximum Gasteiger partial charge on any atom is 0.252 e. The SMILES string of the molecule is O=C(NCC1CCCN1c1ncccn1)c1ccccc1Cl. The van der Waals surface area contributed by atoms with Crippen LogP contribution in [0.3, 0.4) is 0 Å². The Hall–Kier alpha value is -2.14. The summed E-state index contributed by atoms with van der Waals surface area (Å²) in [6.07, 6.45) is 5.56. The van der Waals surface area contributed by atoms with Gasteiger partial charge in [0.25, 0.3) is 5.91 Å². The maximum absolute atomic E-state index is 12.2. The molecule has 6 heteroatoms. The lowest BCUT2D eigenvalue weighted by Gasteiger charge is -2.24. The Labute approximate surface area is 134 Å². The number of nitrogens with zero attached hydrogens (tertiary/aromatic N) is 3. The van der Waals surface area contributed by atoms with Gasteiger partial charge in [-0.05, 0) is 31.0 Å². The number of amides is 1. The third kappa shape index (κ3) is 3.20. The second kappa shape index (κ2) is 6.75. The van der Waals surface area contributed by atoms with E-state index in [9.17, 15) is 4.79 Å². The van der Waals surface area contributed by atoms with E-state index in [0.717, 1.165) is 25.3 Å². The Kier molecular flexibility index (Phi) is 4.53. The Morgan fingerprint density at radius 1 is 1.27 bits per heavy atom. The third-order valence-electron chi connectivity index (χ3n) is 3.80. The number of hydrogen-bond acceptors (Lipinski definition) is 4. The van der Waals surface area contributed by atoms with E-state index in [-0.39, 0.29) is 11.9 Å². The first-order chi connectivity index (χ1) is 10.8. The first-order valence-electron chi connectivity index (χ1n) is 7.32. The molecule has 1 aliphatic heterocycles. The van der Waals surface area contributed by atoms with Crippen LogP contribution in [0.25, 0.3) is 0 Å². The van der Waals surface area contributed by atoms with E-state index in [0.29, 0.717) is 17.1 Å². The summed E-state index contributed by atoms with van der Waals surface area (Å²) in [5.74, 6) is 0.573. The molecule has 0 bridgehead atoms. The van der Waals surface area contributed by atoms with Crippen molar-refractivity contribution in [2.75, 3.05) is 18.0 Å². The number of carbonyl (C=O) groups is 1. The van der Waals surface area contributed by atoms with Crippen LogP contribution < -0.4 is 10.2 Å². The summed E-state index contributed by atoms with van der Waals surface area (Å²) >= 11 is 6.05. The quantitative estimate of drug-likeness (QED) is 0.941. The molecule has 2 heterocycles. The number of anilines is 1. The van der Waals surface area contributed by atoms with Gasteiger partial charge in [-0.1, -0.05) is 23.7 Å². The molecule has 0 radical (unpaired) electrons. The van der Waals surface area contributed by atoms with Gasteiger partial charge in [0, 0.05) is 31.5 Å². The lowest BCUT2D eigenvalue weighted by Crippen LogP contribution is -2.41. The van der Waals surface area contributed by atoms with E-state index in [1.807, 2.05) is 6.07 Å². The Balaban J connectivity index is 1.64. The van der Waals surface area contributed by atoms with Crippen molar-refractivity contribution in [1.82, 2.24) is 15.3 Å². The minimum absolute atomic E-state index is 0.147. The van der Waals surface area contributed by atoms with Gasteiger partial charge in [-0.15, -0.1) is 0 Å². The van der Waals surface area contributed by atoms with Crippen LogP contribution in [-0.2, 0) is 0 Å². The zero-order chi connectivity index (χ0) is 15.4. The Morgan fingerprint density at radius 3 is 2.82 bits per heavy atom. The standard InChI is InChI=1S/C16H17ClN4O/c17-14-7-2-1-6-13(14)15(22)20-11-12-5-3-10-21(12)16-18-8-4-9-19-16/h1-2,4,6-9,12H,3,5,10-11H2,(H,20,22). The van der Waals surface area contributed by atoms with Crippen molar-refractivity contribution in [2.24, 2.45) is 0 Å².